The highest BCUT2D eigenvalue weighted by molar-refractivity contribution is 5.09. The van der Waals surface area contributed by atoms with Gasteiger partial charge < -0.3 is 14.6 Å². The molecule has 0 amide bonds. The second-order valence-corrected chi connectivity index (χ2v) is 3.00. The maximum absolute atomic E-state index is 9.28. The minimum absolute atomic E-state index is 0.119. The zero-order valence-corrected chi connectivity index (χ0v) is 4.86. The van der Waals surface area contributed by atoms with Crippen LogP contribution in [0.2, 0.25) is 0 Å². The number of fused-ring (bicyclic) bond motifs is 2. The topological polar surface area (TPSA) is 45.3 Å². The fourth-order valence-electron chi connectivity index (χ4n) is 1.71. The van der Waals surface area contributed by atoms with Crippen LogP contribution < -0.4 is 0 Å². The Morgan fingerprint density at radius 2 is 1.67 bits per heavy atom. The van der Waals surface area contributed by atoms with E-state index in [1.165, 1.54) is 0 Å². The van der Waals surface area contributed by atoms with E-state index < -0.39 is 0 Å². The number of hydrogen-bond donors (Lipinski definition) is 1. The highest BCUT2D eigenvalue weighted by Crippen LogP contribution is 2.46. The summed E-state index contributed by atoms with van der Waals surface area (Å²) in [5, 5.41) is 9.28. The molecule has 3 nitrogen and oxygen atoms in total. The van der Waals surface area contributed by atoms with Gasteiger partial charge in [0, 0.05) is 6.42 Å². The van der Waals surface area contributed by atoms with E-state index in [4.69, 9.17) is 9.47 Å². The molecule has 50 valence electrons. The molecule has 3 fully saturated rings. The van der Waals surface area contributed by atoms with Crippen molar-refractivity contribution in [2.45, 2.75) is 36.9 Å². The standard InChI is InChI=1S/C6H8O3/c7-4-5-2(8-5)1-3-6(4)9-3/h2-7H,1H2/t2-,3+,4?,5-,6+. The Kier molecular flexibility index (Phi) is 0.604. The average Bonchev–Trinajstić information content (AvgIpc) is 2.57. The van der Waals surface area contributed by atoms with Crippen molar-refractivity contribution < 1.29 is 14.6 Å². The molecular formula is C6H8O3. The Hall–Kier alpha value is -0.120. The van der Waals surface area contributed by atoms with Crippen molar-refractivity contribution in [1.29, 1.82) is 0 Å². The lowest BCUT2D eigenvalue weighted by molar-refractivity contribution is 0.103. The van der Waals surface area contributed by atoms with E-state index in [2.05, 4.69) is 0 Å². The van der Waals surface area contributed by atoms with Crippen LogP contribution >= 0.6 is 0 Å². The zero-order chi connectivity index (χ0) is 6.01. The summed E-state index contributed by atoms with van der Waals surface area (Å²) in [5.41, 5.74) is 0. The number of aliphatic hydroxyl groups is 1. The second kappa shape index (κ2) is 1.17. The lowest BCUT2D eigenvalue weighted by Crippen LogP contribution is -2.29. The van der Waals surface area contributed by atoms with Gasteiger partial charge in [-0.15, -0.1) is 0 Å². The fourth-order valence-corrected chi connectivity index (χ4v) is 1.71. The van der Waals surface area contributed by atoms with Gasteiger partial charge in [0.1, 0.15) is 18.3 Å². The third-order valence-electron chi connectivity index (χ3n) is 2.38. The largest absolute Gasteiger partial charge is 0.387 e. The molecule has 2 saturated heterocycles. The van der Waals surface area contributed by atoms with Crippen LogP contribution in [0.4, 0.5) is 0 Å². The molecule has 0 aromatic carbocycles. The van der Waals surface area contributed by atoms with Crippen molar-refractivity contribution in [1.82, 2.24) is 0 Å². The molecule has 5 atom stereocenters. The predicted molar refractivity (Wildman–Crippen MR) is 27.9 cm³/mol. The molecule has 3 heteroatoms. The summed E-state index contributed by atoms with van der Waals surface area (Å²) < 4.78 is 10.3. The van der Waals surface area contributed by atoms with E-state index in [-0.39, 0.29) is 18.3 Å². The summed E-state index contributed by atoms with van der Waals surface area (Å²) in [7, 11) is 0. The Morgan fingerprint density at radius 3 is 2.22 bits per heavy atom. The van der Waals surface area contributed by atoms with Gasteiger partial charge >= 0.3 is 0 Å². The summed E-state index contributed by atoms with van der Waals surface area (Å²) in [6.45, 7) is 0. The molecule has 0 bridgehead atoms. The first-order valence-electron chi connectivity index (χ1n) is 3.35. The van der Waals surface area contributed by atoms with Crippen LogP contribution in [-0.4, -0.2) is 35.6 Å². The molecule has 0 spiro atoms. The molecule has 1 aliphatic carbocycles. The summed E-state index contributed by atoms with van der Waals surface area (Å²) >= 11 is 0. The first-order valence-corrected chi connectivity index (χ1v) is 3.35. The van der Waals surface area contributed by atoms with Gasteiger partial charge in [-0.05, 0) is 0 Å². The minimum Gasteiger partial charge on any atom is -0.387 e. The summed E-state index contributed by atoms with van der Waals surface area (Å²) in [5.74, 6) is 0. The van der Waals surface area contributed by atoms with E-state index in [0.717, 1.165) is 6.42 Å². The van der Waals surface area contributed by atoms with Crippen LogP contribution in [0.3, 0.4) is 0 Å². The second-order valence-electron chi connectivity index (χ2n) is 3.00. The van der Waals surface area contributed by atoms with E-state index in [9.17, 15) is 5.11 Å². The van der Waals surface area contributed by atoms with E-state index in [0.29, 0.717) is 12.2 Å². The highest BCUT2D eigenvalue weighted by Gasteiger charge is 2.62. The number of rotatable bonds is 0. The van der Waals surface area contributed by atoms with Crippen molar-refractivity contribution in [2.24, 2.45) is 0 Å². The van der Waals surface area contributed by atoms with Gasteiger partial charge in [0.2, 0.25) is 0 Å². The Balaban J connectivity index is 1.87. The van der Waals surface area contributed by atoms with Crippen molar-refractivity contribution in [3.05, 3.63) is 0 Å². The molecule has 2 aliphatic heterocycles. The third kappa shape index (κ3) is 0.478. The summed E-state index contributed by atoms with van der Waals surface area (Å²) in [6.07, 6.45) is 1.57. The van der Waals surface area contributed by atoms with Crippen molar-refractivity contribution in [2.75, 3.05) is 0 Å². The molecule has 0 radical (unpaired) electrons. The number of ether oxygens (including phenoxy) is 2. The molecule has 3 rings (SSSR count). The van der Waals surface area contributed by atoms with Crippen LogP contribution in [-0.2, 0) is 9.47 Å². The van der Waals surface area contributed by atoms with Gasteiger partial charge in [0.25, 0.3) is 0 Å². The monoisotopic (exact) mass is 128 g/mol. The number of aliphatic hydroxyl groups excluding tert-OH is 1. The van der Waals surface area contributed by atoms with Crippen molar-refractivity contribution in [3.63, 3.8) is 0 Å². The van der Waals surface area contributed by atoms with Crippen LogP contribution in [0.1, 0.15) is 6.42 Å². The lowest BCUT2D eigenvalue weighted by Gasteiger charge is -2.05. The number of epoxide rings is 2. The molecule has 9 heavy (non-hydrogen) atoms. The maximum atomic E-state index is 9.28. The van der Waals surface area contributed by atoms with Gasteiger partial charge in [0.05, 0.1) is 12.2 Å². The molecule has 0 aromatic heterocycles. The van der Waals surface area contributed by atoms with Crippen LogP contribution in [0.15, 0.2) is 0 Å². The maximum Gasteiger partial charge on any atom is 0.113 e. The van der Waals surface area contributed by atoms with Gasteiger partial charge in [-0.3, -0.25) is 0 Å². The predicted octanol–water partition coefficient (Wildman–Crippen LogP) is -0.714. The average molecular weight is 128 g/mol. The van der Waals surface area contributed by atoms with Gasteiger partial charge in [0.15, 0.2) is 0 Å². The quantitative estimate of drug-likeness (QED) is 0.438. The van der Waals surface area contributed by atoms with Crippen LogP contribution in [0, 0.1) is 0 Å². The normalized spacial score (nSPS) is 68.3. The Labute approximate surface area is 52.6 Å². The Bertz CT molecular complexity index is 142. The molecule has 0 aromatic rings. The van der Waals surface area contributed by atoms with E-state index >= 15 is 0 Å². The molecule has 1 unspecified atom stereocenters. The third-order valence-corrected chi connectivity index (χ3v) is 2.38. The van der Waals surface area contributed by atoms with E-state index in [1.54, 1.807) is 0 Å². The first kappa shape index (κ1) is 4.66. The SMILES string of the molecule is OC1[C@H]2O[C@H]2C[C@H]2O[C@@H]12. The van der Waals surface area contributed by atoms with Gasteiger partial charge in [-0.2, -0.15) is 0 Å². The van der Waals surface area contributed by atoms with Crippen LogP contribution in [0.25, 0.3) is 0 Å². The van der Waals surface area contributed by atoms with Gasteiger partial charge in [-0.1, -0.05) is 0 Å². The lowest BCUT2D eigenvalue weighted by atomic mass is 9.98. The molecule has 2 heterocycles. The first-order chi connectivity index (χ1) is 4.36. The van der Waals surface area contributed by atoms with Crippen molar-refractivity contribution in [3.8, 4) is 0 Å². The van der Waals surface area contributed by atoms with Crippen molar-refractivity contribution >= 4 is 0 Å². The number of hydrogen-bond acceptors (Lipinski definition) is 3. The smallest absolute Gasteiger partial charge is 0.113 e. The molecule has 3 aliphatic rings. The zero-order valence-electron chi connectivity index (χ0n) is 4.86. The fraction of sp³-hybridized carbons (Fsp3) is 1.00. The van der Waals surface area contributed by atoms with Crippen LogP contribution in [0.5, 0.6) is 0 Å². The molecular weight excluding hydrogens is 120 g/mol. The molecule has 1 saturated carbocycles. The minimum atomic E-state index is -0.325. The van der Waals surface area contributed by atoms with Gasteiger partial charge in [-0.25, -0.2) is 0 Å². The Morgan fingerprint density at radius 1 is 1.11 bits per heavy atom. The van der Waals surface area contributed by atoms with E-state index in [1.807, 2.05) is 0 Å². The molecule has 1 N–H and O–H groups in total. The summed E-state index contributed by atoms with van der Waals surface area (Å²) in [4.78, 5) is 0. The summed E-state index contributed by atoms with van der Waals surface area (Å²) in [6, 6.07) is 0. The highest BCUT2D eigenvalue weighted by atomic mass is 16.6.